The van der Waals surface area contributed by atoms with Crippen molar-refractivity contribution in [1.82, 2.24) is 0 Å². The monoisotopic (exact) mass is 252 g/mol. The Morgan fingerprint density at radius 2 is 1.42 bits per heavy atom. The van der Waals surface area contributed by atoms with Crippen molar-refractivity contribution in [2.24, 2.45) is 0 Å². The van der Waals surface area contributed by atoms with Gasteiger partial charge in [0.2, 0.25) is 0 Å². The molecule has 19 heavy (non-hydrogen) atoms. The quantitative estimate of drug-likeness (QED) is 0.564. The zero-order chi connectivity index (χ0) is 13.4. The molecule has 0 unspecified atom stereocenters. The van der Waals surface area contributed by atoms with Crippen LogP contribution in [0.1, 0.15) is 25.5 Å². The Morgan fingerprint density at radius 1 is 0.895 bits per heavy atom. The molecule has 0 heteroatoms. The topological polar surface area (TPSA) is 0 Å². The number of hydrogen-bond acceptors (Lipinski definition) is 0. The van der Waals surface area contributed by atoms with Crippen LogP contribution in [0.2, 0.25) is 0 Å². The smallest absolute Gasteiger partial charge is 0.0178 e. The molecule has 0 aliphatic heterocycles. The van der Waals surface area contributed by atoms with Gasteiger partial charge in [-0.05, 0) is 36.6 Å². The third-order valence-corrected chi connectivity index (χ3v) is 2.47. The van der Waals surface area contributed by atoms with E-state index in [0.29, 0.717) is 0 Å². The van der Waals surface area contributed by atoms with Gasteiger partial charge in [0.1, 0.15) is 0 Å². The first kappa shape index (κ1) is 16.9. The van der Waals surface area contributed by atoms with Gasteiger partial charge in [0.25, 0.3) is 0 Å². The Morgan fingerprint density at radius 3 is 1.95 bits per heavy atom. The van der Waals surface area contributed by atoms with Gasteiger partial charge in [-0.15, -0.1) is 6.58 Å². The number of hydrogen-bond donors (Lipinski definition) is 0. The summed E-state index contributed by atoms with van der Waals surface area (Å²) in [7, 11) is 0. The molecule has 2 aromatic carbocycles. The van der Waals surface area contributed by atoms with Crippen LogP contribution in [0.3, 0.4) is 0 Å². The first-order chi connectivity index (χ1) is 8.71. The van der Waals surface area contributed by atoms with Gasteiger partial charge >= 0.3 is 0 Å². The maximum Gasteiger partial charge on any atom is -0.0178 e. The summed E-state index contributed by atoms with van der Waals surface area (Å²) in [4.78, 5) is 0. The van der Waals surface area contributed by atoms with Crippen molar-refractivity contribution in [3.8, 4) is 11.1 Å². The predicted molar refractivity (Wildman–Crippen MR) is 89.3 cm³/mol. The largest absolute Gasteiger partial charge is 0.103 e. The maximum atomic E-state index is 3.78. The van der Waals surface area contributed by atoms with Crippen LogP contribution in [-0.4, -0.2) is 0 Å². The highest BCUT2D eigenvalue weighted by Crippen LogP contribution is 2.21. The number of allylic oxidation sites excluding steroid dienone is 1. The van der Waals surface area contributed by atoms with Gasteiger partial charge in [-0.3, -0.25) is 0 Å². The Bertz CT molecular complexity index is 521. The van der Waals surface area contributed by atoms with Crippen molar-refractivity contribution in [1.29, 1.82) is 0 Å². The Hall–Kier alpha value is -2.08. The number of rotatable bonds is 2. The highest BCUT2D eigenvalue weighted by molar-refractivity contribution is 5.67. The van der Waals surface area contributed by atoms with E-state index in [1.54, 1.807) is 6.08 Å². The summed E-state index contributed by atoms with van der Waals surface area (Å²) in [6.07, 6.45) is 3.62. The van der Waals surface area contributed by atoms with Crippen molar-refractivity contribution >= 4 is 6.08 Å². The lowest BCUT2D eigenvalue weighted by Crippen LogP contribution is -1.80. The van der Waals surface area contributed by atoms with E-state index in [0.717, 1.165) is 5.56 Å². The zero-order valence-electron chi connectivity index (χ0n) is 11.2. The van der Waals surface area contributed by atoms with E-state index in [1.165, 1.54) is 16.7 Å². The average Bonchev–Trinajstić information content (AvgIpc) is 2.40. The van der Waals surface area contributed by atoms with E-state index in [9.17, 15) is 0 Å². The van der Waals surface area contributed by atoms with E-state index < -0.39 is 0 Å². The molecule has 0 atom stereocenters. The molecule has 0 amide bonds. The Kier molecular flexibility index (Phi) is 7.95. The van der Waals surface area contributed by atoms with Crippen molar-refractivity contribution in [2.45, 2.75) is 21.3 Å². The molecule has 0 N–H and O–H groups in total. The van der Waals surface area contributed by atoms with Gasteiger partial charge in [-0.25, -0.2) is 0 Å². The molecule has 2 rings (SSSR count). The summed E-state index contributed by atoms with van der Waals surface area (Å²) in [6, 6.07) is 16.9. The molecule has 0 nitrogen and oxygen atoms in total. The second kappa shape index (κ2) is 8.93. The fourth-order valence-electron chi connectivity index (χ4n) is 1.67. The van der Waals surface area contributed by atoms with Crippen LogP contribution >= 0.6 is 0 Å². The second-order valence-corrected chi connectivity index (χ2v) is 4.11. The average molecular weight is 252 g/mol. The SMILES string of the molecule is C.C=CC.C=Cc1cccc(-c2cccc(C)c2)c1. The summed E-state index contributed by atoms with van der Waals surface area (Å²) in [5.41, 5.74) is 4.96. The van der Waals surface area contributed by atoms with Gasteiger partial charge in [0, 0.05) is 0 Å². The van der Waals surface area contributed by atoms with Crippen LogP contribution in [-0.2, 0) is 0 Å². The number of benzene rings is 2. The maximum absolute atomic E-state index is 3.78. The molecule has 0 radical (unpaired) electrons. The molecule has 0 aliphatic rings. The first-order valence-electron chi connectivity index (χ1n) is 6.08. The van der Waals surface area contributed by atoms with Gasteiger partial charge in [-0.2, -0.15) is 0 Å². The van der Waals surface area contributed by atoms with E-state index in [-0.39, 0.29) is 7.43 Å². The zero-order valence-corrected chi connectivity index (χ0v) is 11.2. The molecular weight excluding hydrogens is 228 g/mol. The van der Waals surface area contributed by atoms with E-state index in [2.05, 4.69) is 68.6 Å². The molecule has 0 fully saturated rings. The van der Waals surface area contributed by atoms with Crippen LogP contribution in [0.25, 0.3) is 17.2 Å². The standard InChI is InChI=1S/C15H14.C3H6.CH4/c1-3-13-7-5-9-15(11-13)14-8-4-6-12(2)10-14;1-3-2;/h3-11H,1H2,2H3;3H,1H2,2H3;1H4. The van der Waals surface area contributed by atoms with Crippen molar-refractivity contribution in [3.63, 3.8) is 0 Å². The van der Waals surface area contributed by atoms with E-state index in [4.69, 9.17) is 0 Å². The first-order valence-corrected chi connectivity index (χ1v) is 6.08. The normalized spacial score (nSPS) is 8.53. The van der Waals surface area contributed by atoms with Gasteiger partial charge < -0.3 is 0 Å². The summed E-state index contributed by atoms with van der Waals surface area (Å²) in [6.45, 7) is 11.1. The van der Waals surface area contributed by atoms with Crippen LogP contribution in [0.15, 0.2) is 67.8 Å². The van der Waals surface area contributed by atoms with Crippen LogP contribution in [0.5, 0.6) is 0 Å². The molecule has 100 valence electrons. The van der Waals surface area contributed by atoms with Gasteiger partial charge in [0.05, 0.1) is 0 Å². The molecule has 0 saturated carbocycles. The summed E-state index contributed by atoms with van der Waals surface area (Å²) >= 11 is 0. The lowest BCUT2D eigenvalue weighted by Gasteiger charge is -2.03. The summed E-state index contributed by atoms with van der Waals surface area (Å²) in [5.74, 6) is 0. The minimum Gasteiger partial charge on any atom is -0.103 e. The lowest BCUT2D eigenvalue weighted by molar-refractivity contribution is 1.46. The van der Waals surface area contributed by atoms with E-state index >= 15 is 0 Å². The predicted octanol–water partition coefficient (Wildman–Crippen LogP) is 6.13. The van der Waals surface area contributed by atoms with Crippen LogP contribution < -0.4 is 0 Å². The van der Waals surface area contributed by atoms with Gasteiger partial charge in [-0.1, -0.05) is 74.2 Å². The highest BCUT2D eigenvalue weighted by Gasteiger charge is 1.97. The van der Waals surface area contributed by atoms with Gasteiger partial charge in [0.15, 0.2) is 0 Å². The molecule has 0 aliphatic carbocycles. The molecular formula is C19H24. The molecule has 0 heterocycles. The van der Waals surface area contributed by atoms with Crippen LogP contribution in [0, 0.1) is 6.92 Å². The van der Waals surface area contributed by atoms with Crippen molar-refractivity contribution in [2.75, 3.05) is 0 Å². The minimum absolute atomic E-state index is 0. The highest BCUT2D eigenvalue weighted by atomic mass is 14.0. The summed E-state index contributed by atoms with van der Waals surface area (Å²) < 4.78 is 0. The Labute approximate surface area is 118 Å². The lowest BCUT2D eigenvalue weighted by atomic mass is 10.0. The van der Waals surface area contributed by atoms with Crippen LogP contribution in [0.4, 0.5) is 0 Å². The fraction of sp³-hybridized carbons (Fsp3) is 0.158. The second-order valence-electron chi connectivity index (χ2n) is 4.11. The third kappa shape index (κ3) is 5.39. The minimum atomic E-state index is 0. The molecule has 0 saturated heterocycles. The van der Waals surface area contributed by atoms with Crippen molar-refractivity contribution < 1.29 is 0 Å². The number of aryl methyl sites for hydroxylation is 1. The molecule has 0 bridgehead atoms. The molecule has 2 aromatic rings. The molecule has 0 aromatic heterocycles. The summed E-state index contributed by atoms with van der Waals surface area (Å²) in [5, 5.41) is 0. The fourth-order valence-corrected chi connectivity index (χ4v) is 1.67. The molecule has 0 spiro atoms. The third-order valence-electron chi connectivity index (χ3n) is 2.47. The Balaban J connectivity index is 0.000000742. The van der Waals surface area contributed by atoms with Crippen molar-refractivity contribution in [3.05, 3.63) is 78.9 Å². The van der Waals surface area contributed by atoms with E-state index in [1.807, 2.05) is 13.0 Å².